The van der Waals surface area contributed by atoms with Crippen LogP contribution in [0.4, 0.5) is 18.9 Å². The summed E-state index contributed by atoms with van der Waals surface area (Å²) in [6, 6.07) is 15.0. The Hall–Kier alpha value is -3.52. The van der Waals surface area contributed by atoms with Crippen LogP contribution < -0.4 is 10.1 Å². The van der Waals surface area contributed by atoms with Crippen molar-refractivity contribution in [3.63, 3.8) is 0 Å². The monoisotopic (exact) mass is 449 g/mol. The van der Waals surface area contributed by atoms with Gasteiger partial charge in [-0.3, -0.25) is 4.79 Å². The number of anilines is 1. The van der Waals surface area contributed by atoms with Crippen molar-refractivity contribution >= 4 is 29.2 Å². The average Bonchev–Trinajstić information content (AvgIpc) is 2.72. The van der Waals surface area contributed by atoms with E-state index in [9.17, 15) is 22.8 Å². The van der Waals surface area contributed by atoms with E-state index in [0.717, 1.165) is 18.2 Å². The van der Waals surface area contributed by atoms with Crippen molar-refractivity contribution < 1.29 is 32.6 Å². The molecule has 5 nitrogen and oxygen atoms in total. The Morgan fingerprint density at radius 2 is 1.68 bits per heavy atom. The van der Waals surface area contributed by atoms with Crippen LogP contribution in [0, 0.1) is 0 Å². The number of rotatable bonds is 6. The van der Waals surface area contributed by atoms with Crippen LogP contribution in [0.3, 0.4) is 0 Å². The van der Waals surface area contributed by atoms with E-state index in [2.05, 4.69) is 5.32 Å². The van der Waals surface area contributed by atoms with Gasteiger partial charge in [0.05, 0.1) is 16.1 Å². The van der Waals surface area contributed by atoms with E-state index in [1.54, 1.807) is 24.3 Å². The molecule has 0 atom stereocenters. The highest BCUT2D eigenvalue weighted by atomic mass is 35.5. The van der Waals surface area contributed by atoms with Gasteiger partial charge >= 0.3 is 12.1 Å². The maximum absolute atomic E-state index is 12.7. The Morgan fingerprint density at radius 1 is 0.968 bits per heavy atom. The highest BCUT2D eigenvalue weighted by Gasteiger charge is 2.31. The molecule has 31 heavy (non-hydrogen) atoms. The quantitative estimate of drug-likeness (QED) is 0.492. The van der Waals surface area contributed by atoms with E-state index in [-0.39, 0.29) is 22.9 Å². The molecule has 1 amide bonds. The van der Waals surface area contributed by atoms with E-state index in [0.29, 0.717) is 16.8 Å². The molecule has 160 valence electrons. The average molecular weight is 450 g/mol. The van der Waals surface area contributed by atoms with Crippen LogP contribution in [0.1, 0.15) is 31.8 Å². The minimum atomic E-state index is -4.50. The van der Waals surface area contributed by atoms with Gasteiger partial charge in [-0.05, 0) is 60.2 Å². The zero-order valence-electron chi connectivity index (χ0n) is 15.7. The van der Waals surface area contributed by atoms with Gasteiger partial charge in [0.1, 0.15) is 12.4 Å². The fraction of sp³-hybridized carbons (Fsp3) is 0.0909. The summed E-state index contributed by atoms with van der Waals surface area (Å²) >= 11 is 5.88. The second-order valence-corrected chi connectivity index (χ2v) is 6.88. The summed E-state index contributed by atoms with van der Waals surface area (Å²) in [4.78, 5) is 23.3. The van der Waals surface area contributed by atoms with Gasteiger partial charge in [0, 0.05) is 11.3 Å². The van der Waals surface area contributed by atoms with Crippen molar-refractivity contribution in [2.24, 2.45) is 0 Å². The highest BCUT2D eigenvalue weighted by molar-refractivity contribution is 6.32. The number of nitrogens with one attached hydrogen (secondary N) is 1. The maximum atomic E-state index is 12.7. The van der Waals surface area contributed by atoms with Crippen molar-refractivity contribution in [2.45, 2.75) is 12.8 Å². The first kappa shape index (κ1) is 22.2. The molecule has 0 aliphatic rings. The zero-order valence-corrected chi connectivity index (χ0v) is 16.5. The van der Waals surface area contributed by atoms with Crippen LogP contribution in [-0.2, 0) is 12.8 Å². The maximum Gasteiger partial charge on any atom is 0.416 e. The molecule has 0 saturated carbocycles. The van der Waals surface area contributed by atoms with E-state index < -0.39 is 23.6 Å². The van der Waals surface area contributed by atoms with E-state index in [4.69, 9.17) is 21.4 Å². The van der Waals surface area contributed by atoms with Crippen LogP contribution in [0.2, 0.25) is 5.02 Å². The predicted octanol–water partition coefficient (Wildman–Crippen LogP) is 5.89. The van der Waals surface area contributed by atoms with Crippen molar-refractivity contribution in [3.8, 4) is 5.75 Å². The second-order valence-electron chi connectivity index (χ2n) is 6.47. The zero-order chi connectivity index (χ0) is 22.6. The molecule has 3 aromatic rings. The lowest BCUT2D eigenvalue weighted by atomic mass is 10.1. The molecule has 0 heterocycles. The Bertz CT molecular complexity index is 1110. The molecular formula is C22H15ClF3NO4. The number of ether oxygens (including phenoxy) is 1. The topological polar surface area (TPSA) is 75.6 Å². The molecule has 0 radical (unpaired) electrons. The lowest BCUT2D eigenvalue weighted by Crippen LogP contribution is -2.12. The fourth-order valence-corrected chi connectivity index (χ4v) is 2.89. The summed E-state index contributed by atoms with van der Waals surface area (Å²) in [5.41, 5.74) is 0.568. The summed E-state index contributed by atoms with van der Waals surface area (Å²) in [7, 11) is 0. The Labute approximate surface area is 180 Å². The lowest BCUT2D eigenvalue weighted by molar-refractivity contribution is -0.137. The third-order valence-electron chi connectivity index (χ3n) is 4.23. The van der Waals surface area contributed by atoms with Crippen molar-refractivity contribution in [1.29, 1.82) is 0 Å². The number of halogens is 4. The van der Waals surface area contributed by atoms with Gasteiger partial charge in [-0.2, -0.15) is 13.2 Å². The molecule has 2 N–H and O–H groups in total. The summed E-state index contributed by atoms with van der Waals surface area (Å²) in [5, 5.41) is 11.4. The minimum Gasteiger partial charge on any atom is -0.487 e. The summed E-state index contributed by atoms with van der Waals surface area (Å²) in [5.74, 6) is -1.40. The molecule has 0 aliphatic heterocycles. The number of alkyl halides is 3. The fourth-order valence-electron chi connectivity index (χ4n) is 2.66. The summed E-state index contributed by atoms with van der Waals surface area (Å²) in [6.45, 7) is -0.0144. The standard InChI is InChI=1S/C22H15ClF3NO4/c23-18-11-16(22(24,25)26)6-9-19(18)31-12-13-2-1-3-15(10-13)20(28)27-17-7-4-14(5-8-17)21(29)30/h1-11H,12H2,(H,27,28)(H,29,30). The smallest absolute Gasteiger partial charge is 0.416 e. The van der Waals surface area contributed by atoms with Gasteiger partial charge in [-0.15, -0.1) is 0 Å². The van der Waals surface area contributed by atoms with Crippen LogP contribution in [0.25, 0.3) is 0 Å². The third kappa shape index (κ3) is 5.76. The van der Waals surface area contributed by atoms with E-state index in [1.807, 2.05) is 0 Å². The molecule has 0 spiro atoms. The van der Waals surface area contributed by atoms with Crippen molar-refractivity contribution in [1.82, 2.24) is 0 Å². The molecule has 0 aromatic heterocycles. The van der Waals surface area contributed by atoms with E-state index in [1.165, 1.54) is 24.3 Å². The first-order chi connectivity index (χ1) is 14.6. The molecule has 0 bridgehead atoms. The highest BCUT2D eigenvalue weighted by Crippen LogP contribution is 2.35. The normalized spacial score (nSPS) is 11.1. The van der Waals surface area contributed by atoms with Crippen LogP contribution in [0.5, 0.6) is 5.75 Å². The van der Waals surface area contributed by atoms with Gasteiger partial charge in [0.2, 0.25) is 0 Å². The number of carboxylic acids is 1. The van der Waals surface area contributed by atoms with Gasteiger partial charge < -0.3 is 15.2 Å². The number of amides is 1. The summed E-state index contributed by atoms with van der Waals surface area (Å²) < 4.78 is 43.6. The number of aromatic carboxylic acids is 1. The van der Waals surface area contributed by atoms with Gasteiger partial charge in [0.25, 0.3) is 5.91 Å². The number of hydrogen-bond acceptors (Lipinski definition) is 3. The Morgan fingerprint density at radius 3 is 2.29 bits per heavy atom. The SMILES string of the molecule is O=C(O)c1ccc(NC(=O)c2cccc(COc3ccc(C(F)(F)F)cc3Cl)c2)cc1. The van der Waals surface area contributed by atoms with Gasteiger partial charge in [-0.25, -0.2) is 4.79 Å². The van der Waals surface area contributed by atoms with Crippen molar-refractivity contribution in [2.75, 3.05) is 5.32 Å². The van der Waals surface area contributed by atoms with E-state index >= 15 is 0 Å². The molecule has 0 fully saturated rings. The molecule has 0 aliphatic carbocycles. The summed E-state index contributed by atoms with van der Waals surface area (Å²) in [6.07, 6.45) is -4.50. The van der Waals surface area contributed by atoms with Crippen LogP contribution in [0.15, 0.2) is 66.7 Å². The van der Waals surface area contributed by atoms with Crippen LogP contribution >= 0.6 is 11.6 Å². The molecule has 0 saturated heterocycles. The van der Waals surface area contributed by atoms with Crippen LogP contribution in [-0.4, -0.2) is 17.0 Å². The molecule has 3 rings (SSSR count). The number of benzene rings is 3. The predicted molar refractivity (Wildman–Crippen MR) is 109 cm³/mol. The number of hydrogen-bond donors (Lipinski definition) is 2. The first-order valence-electron chi connectivity index (χ1n) is 8.86. The molecular weight excluding hydrogens is 435 g/mol. The Kier molecular flexibility index (Phi) is 6.50. The largest absolute Gasteiger partial charge is 0.487 e. The molecule has 3 aromatic carbocycles. The lowest BCUT2D eigenvalue weighted by Gasteiger charge is -2.12. The molecule has 0 unspecified atom stereocenters. The molecule has 9 heteroatoms. The second kappa shape index (κ2) is 9.09. The van der Waals surface area contributed by atoms with Gasteiger partial charge in [0.15, 0.2) is 0 Å². The number of carbonyl (C=O) groups is 2. The van der Waals surface area contributed by atoms with Crippen molar-refractivity contribution in [3.05, 3.63) is 94.0 Å². The minimum absolute atomic E-state index is 0.0144. The first-order valence-corrected chi connectivity index (χ1v) is 9.24. The third-order valence-corrected chi connectivity index (χ3v) is 4.53. The van der Waals surface area contributed by atoms with Gasteiger partial charge in [-0.1, -0.05) is 23.7 Å². The Balaban J connectivity index is 1.66. The number of carbonyl (C=O) groups excluding carboxylic acids is 1. The number of carboxylic acid groups (broad SMARTS) is 1.